The molecule has 0 atom stereocenters. The van der Waals surface area contributed by atoms with Crippen LogP contribution >= 0.6 is 0 Å². The van der Waals surface area contributed by atoms with Crippen molar-refractivity contribution in [3.05, 3.63) is 68.8 Å². The molecule has 94 valence electrons. The van der Waals surface area contributed by atoms with Crippen molar-refractivity contribution in [3.63, 3.8) is 0 Å². The molecule has 0 N–H and O–H groups in total. The Kier molecular flexibility index (Phi) is 3.82. The van der Waals surface area contributed by atoms with Gasteiger partial charge in [-0.05, 0) is 37.7 Å². The SMILES string of the molecule is C=C/C=c1\c(=C)c(=C)/c(=C\C=C)c2c1=CC=CCC=2. The Hall–Kier alpha value is -2.34. The van der Waals surface area contributed by atoms with E-state index in [0.29, 0.717) is 0 Å². The van der Waals surface area contributed by atoms with E-state index < -0.39 is 0 Å². The molecule has 0 heterocycles. The van der Waals surface area contributed by atoms with E-state index in [-0.39, 0.29) is 0 Å². The molecule has 0 spiro atoms. The van der Waals surface area contributed by atoms with Crippen LogP contribution < -0.4 is 31.3 Å². The summed E-state index contributed by atoms with van der Waals surface area (Å²) in [5.74, 6) is 0. The van der Waals surface area contributed by atoms with E-state index >= 15 is 0 Å². The number of fused-ring (bicyclic) bond motifs is 1. The maximum Gasteiger partial charge on any atom is -0.0102 e. The normalized spacial score (nSPS) is 15.2. The second kappa shape index (κ2) is 5.53. The third-order valence-electron chi connectivity index (χ3n) is 3.31. The Morgan fingerprint density at radius 1 is 0.895 bits per heavy atom. The molecule has 19 heavy (non-hydrogen) atoms. The first-order valence-electron chi connectivity index (χ1n) is 6.33. The molecule has 1 aliphatic carbocycles. The van der Waals surface area contributed by atoms with Crippen molar-refractivity contribution in [2.75, 3.05) is 0 Å². The Morgan fingerprint density at radius 2 is 1.47 bits per heavy atom. The molecule has 0 heteroatoms. The van der Waals surface area contributed by atoms with Gasteiger partial charge in [-0.25, -0.2) is 0 Å². The average molecular weight is 246 g/mol. The first-order valence-corrected chi connectivity index (χ1v) is 6.33. The summed E-state index contributed by atoms with van der Waals surface area (Å²) in [5.41, 5.74) is 0. The van der Waals surface area contributed by atoms with E-state index in [1.165, 1.54) is 10.4 Å². The van der Waals surface area contributed by atoms with Gasteiger partial charge < -0.3 is 0 Å². The third kappa shape index (κ3) is 2.30. The van der Waals surface area contributed by atoms with Crippen LogP contribution in [0.4, 0.5) is 0 Å². The second-order valence-electron chi connectivity index (χ2n) is 4.45. The lowest BCUT2D eigenvalue weighted by Crippen LogP contribution is -2.64. The van der Waals surface area contributed by atoms with Crippen molar-refractivity contribution in [3.8, 4) is 0 Å². The highest BCUT2D eigenvalue weighted by Gasteiger charge is 1.97. The molecule has 0 aromatic heterocycles. The van der Waals surface area contributed by atoms with Gasteiger partial charge in [-0.1, -0.05) is 74.9 Å². The smallest absolute Gasteiger partial charge is 0.0102 e. The highest BCUT2D eigenvalue weighted by Crippen LogP contribution is 1.85. The molecule has 0 radical (unpaired) electrons. The Bertz CT molecular complexity index is 891. The van der Waals surface area contributed by atoms with Crippen LogP contribution in [-0.4, -0.2) is 0 Å². The summed E-state index contributed by atoms with van der Waals surface area (Å²) in [6, 6.07) is 0. The fourth-order valence-electron chi connectivity index (χ4n) is 2.39. The molecular weight excluding hydrogens is 228 g/mol. The molecule has 0 amide bonds. The van der Waals surface area contributed by atoms with Gasteiger partial charge in [0.25, 0.3) is 0 Å². The lowest BCUT2D eigenvalue weighted by atomic mass is 10.1. The Morgan fingerprint density at radius 3 is 2.05 bits per heavy atom. The van der Waals surface area contributed by atoms with Gasteiger partial charge in [0.15, 0.2) is 0 Å². The third-order valence-corrected chi connectivity index (χ3v) is 3.31. The van der Waals surface area contributed by atoms with Crippen LogP contribution in [0.25, 0.3) is 37.5 Å². The van der Waals surface area contributed by atoms with Gasteiger partial charge in [-0.3, -0.25) is 0 Å². The van der Waals surface area contributed by atoms with E-state index in [1.807, 2.05) is 12.2 Å². The highest BCUT2D eigenvalue weighted by atomic mass is 14.0. The Labute approximate surface area is 113 Å². The zero-order chi connectivity index (χ0) is 13.8. The topological polar surface area (TPSA) is 0 Å². The van der Waals surface area contributed by atoms with Gasteiger partial charge in [0.2, 0.25) is 0 Å². The van der Waals surface area contributed by atoms with Gasteiger partial charge in [0, 0.05) is 0 Å². The van der Waals surface area contributed by atoms with Crippen LogP contribution in [0.15, 0.2) is 37.5 Å². The molecule has 1 aromatic rings. The van der Waals surface area contributed by atoms with Crippen LogP contribution in [0.3, 0.4) is 0 Å². The standard InChI is InChI=1S/C19H18/c1-5-10-16-14(3)15(4)17(11-6-2)19-13-9-7-8-12-18(16)19/h5-8,10-13H,1-4,9H2/b16-10+,17-11+. The number of allylic oxidation sites excluding steroid dienone is 4. The molecule has 0 unspecified atom stereocenters. The predicted octanol–water partition coefficient (Wildman–Crippen LogP) is -0.0389. The first kappa shape index (κ1) is 13.1. The maximum atomic E-state index is 4.17. The lowest BCUT2D eigenvalue weighted by molar-refractivity contribution is 1.30. The largest absolute Gasteiger partial charge is 0.0990 e. The quantitative estimate of drug-likeness (QED) is 0.687. The number of benzene rings is 1. The van der Waals surface area contributed by atoms with Gasteiger partial charge in [0.1, 0.15) is 0 Å². The fourth-order valence-corrected chi connectivity index (χ4v) is 2.39. The summed E-state index contributed by atoms with van der Waals surface area (Å²) >= 11 is 0. The molecule has 1 aliphatic rings. The molecule has 0 saturated heterocycles. The Balaban J connectivity index is 3.31. The molecule has 0 nitrogen and oxygen atoms in total. The van der Waals surface area contributed by atoms with Gasteiger partial charge in [0.05, 0.1) is 0 Å². The van der Waals surface area contributed by atoms with Gasteiger partial charge >= 0.3 is 0 Å². The zero-order valence-electron chi connectivity index (χ0n) is 11.2. The number of hydrogen-bond acceptors (Lipinski definition) is 0. The van der Waals surface area contributed by atoms with Crippen molar-refractivity contribution in [1.29, 1.82) is 0 Å². The highest BCUT2D eigenvalue weighted by molar-refractivity contribution is 5.51. The summed E-state index contributed by atoms with van der Waals surface area (Å²) in [7, 11) is 0. The minimum Gasteiger partial charge on any atom is -0.0990 e. The number of rotatable bonds is 2. The molecule has 1 aromatic carbocycles. The minimum absolute atomic E-state index is 0.922. The van der Waals surface area contributed by atoms with Crippen LogP contribution in [0.5, 0.6) is 0 Å². The summed E-state index contributed by atoms with van der Waals surface area (Å²) in [4.78, 5) is 0. The first-order chi connectivity index (χ1) is 9.20. The van der Waals surface area contributed by atoms with Crippen molar-refractivity contribution >= 4 is 37.5 Å². The van der Waals surface area contributed by atoms with E-state index in [2.05, 4.69) is 50.6 Å². The summed E-state index contributed by atoms with van der Waals surface area (Å²) in [6.45, 7) is 15.9. The van der Waals surface area contributed by atoms with Crippen molar-refractivity contribution in [2.24, 2.45) is 0 Å². The van der Waals surface area contributed by atoms with Crippen LogP contribution in [0.1, 0.15) is 6.42 Å². The van der Waals surface area contributed by atoms with Gasteiger partial charge in [-0.15, -0.1) is 0 Å². The molecule has 0 aliphatic heterocycles. The molecule has 0 fully saturated rings. The van der Waals surface area contributed by atoms with Gasteiger partial charge in [-0.2, -0.15) is 0 Å². The molecular formula is C19H18. The summed E-state index contributed by atoms with van der Waals surface area (Å²) < 4.78 is 0. The maximum absolute atomic E-state index is 4.17. The van der Waals surface area contributed by atoms with E-state index in [0.717, 1.165) is 27.3 Å². The van der Waals surface area contributed by atoms with Crippen molar-refractivity contribution in [1.82, 2.24) is 0 Å². The van der Waals surface area contributed by atoms with E-state index in [1.54, 1.807) is 12.2 Å². The fraction of sp³-hybridized carbons (Fsp3) is 0.0526. The van der Waals surface area contributed by atoms with Crippen molar-refractivity contribution < 1.29 is 0 Å². The van der Waals surface area contributed by atoms with E-state index in [9.17, 15) is 0 Å². The molecule has 0 bridgehead atoms. The van der Waals surface area contributed by atoms with Crippen LogP contribution in [-0.2, 0) is 0 Å². The molecule has 0 saturated carbocycles. The van der Waals surface area contributed by atoms with Crippen molar-refractivity contribution in [2.45, 2.75) is 6.42 Å². The summed E-state index contributed by atoms with van der Waals surface area (Å²) in [6.07, 6.45) is 17.1. The van der Waals surface area contributed by atoms with E-state index in [4.69, 9.17) is 0 Å². The predicted molar refractivity (Wildman–Crippen MR) is 87.2 cm³/mol. The second-order valence-corrected chi connectivity index (χ2v) is 4.45. The minimum atomic E-state index is 0.922. The van der Waals surface area contributed by atoms with Crippen LogP contribution in [0, 0.1) is 0 Å². The van der Waals surface area contributed by atoms with Crippen LogP contribution in [0.2, 0.25) is 0 Å². The zero-order valence-corrected chi connectivity index (χ0v) is 11.2. The summed E-state index contributed by atoms with van der Waals surface area (Å²) in [5, 5.41) is 6.50. The molecule has 2 rings (SSSR count). The monoisotopic (exact) mass is 246 g/mol. The average Bonchev–Trinajstić information content (AvgIpc) is 2.65. The lowest BCUT2D eigenvalue weighted by Gasteiger charge is -1.98. The number of hydrogen-bond donors (Lipinski definition) is 0.